The van der Waals surface area contributed by atoms with Gasteiger partial charge in [-0.25, -0.2) is 9.78 Å². The monoisotopic (exact) mass is 221 g/mol. The summed E-state index contributed by atoms with van der Waals surface area (Å²) in [6.45, 7) is 0.644. The molecule has 0 saturated carbocycles. The van der Waals surface area contributed by atoms with Crippen LogP contribution in [0.15, 0.2) is 29.0 Å². The summed E-state index contributed by atoms with van der Waals surface area (Å²) in [5.41, 5.74) is 5.58. The Balaban J connectivity index is 1.98. The number of nitrogens with one attached hydrogen (secondary N) is 1. The number of pyridine rings is 1. The van der Waals surface area contributed by atoms with Crippen LogP contribution in [-0.2, 0) is 4.74 Å². The number of anilines is 1. The van der Waals surface area contributed by atoms with Gasteiger partial charge in [0, 0.05) is 6.20 Å². The molecule has 0 radical (unpaired) electrons. The fraction of sp³-hybridized carbons (Fsp3) is 0.200. The Kier molecular flexibility index (Phi) is 2.90. The molecule has 3 N–H and O–H groups in total. The second kappa shape index (κ2) is 4.52. The van der Waals surface area contributed by atoms with Gasteiger partial charge in [0.15, 0.2) is 0 Å². The molecule has 0 aromatic carbocycles. The average molecular weight is 221 g/mol. The number of carbonyl (C=O) groups is 1. The Hall–Kier alpha value is -2.24. The molecule has 0 aliphatic rings. The molecule has 0 unspecified atom stereocenters. The van der Waals surface area contributed by atoms with E-state index in [0.717, 1.165) is 11.0 Å². The van der Waals surface area contributed by atoms with Gasteiger partial charge in [0.1, 0.15) is 18.0 Å². The zero-order chi connectivity index (χ0) is 11.4. The third-order valence-corrected chi connectivity index (χ3v) is 2.02. The zero-order valence-electron chi connectivity index (χ0n) is 8.47. The molecule has 0 fully saturated rings. The summed E-state index contributed by atoms with van der Waals surface area (Å²) in [5.74, 6) is 0.694. The first-order chi connectivity index (χ1) is 7.77. The number of aromatic nitrogens is 1. The number of rotatable bonds is 4. The largest absolute Gasteiger partial charge is 0.464 e. The van der Waals surface area contributed by atoms with Crippen LogP contribution in [-0.4, -0.2) is 24.2 Å². The summed E-state index contributed by atoms with van der Waals surface area (Å²) in [4.78, 5) is 14.5. The van der Waals surface area contributed by atoms with E-state index in [0.29, 0.717) is 12.4 Å². The molecule has 0 saturated heterocycles. The number of hydrogen-bond acceptors (Lipinski definition) is 5. The third kappa shape index (κ3) is 2.22. The van der Waals surface area contributed by atoms with Crippen LogP contribution in [0.25, 0.3) is 11.0 Å². The van der Waals surface area contributed by atoms with E-state index in [4.69, 9.17) is 10.2 Å². The highest BCUT2D eigenvalue weighted by molar-refractivity contribution is 5.87. The fourth-order valence-electron chi connectivity index (χ4n) is 1.36. The van der Waals surface area contributed by atoms with E-state index in [1.807, 2.05) is 6.07 Å². The molecule has 0 atom stereocenters. The molecular formula is C10H11N3O3. The number of hydrogen-bond donors (Lipinski definition) is 2. The Labute approximate surface area is 91.4 Å². The molecule has 2 heterocycles. The van der Waals surface area contributed by atoms with Crippen molar-refractivity contribution >= 4 is 22.9 Å². The maximum Gasteiger partial charge on any atom is 0.404 e. The van der Waals surface area contributed by atoms with Crippen molar-refractivity contribution in [1.82, 2.24) is 4.98 Å². The van der Waals surface area contributed by atoms with Crippen molar-refractivity contribution < 1.29 is 13.9 Å². The number of carbonyl (C=O) groups excluding carboxylic acids is 1. The van der Waals surface area contributed by atoms with E-state index < -0.39 is 6.09 Å². The van der Waals surface area contributed by atoms with Crippen LogP contribution >= 0.6 is 0 Å². The van der Waals surface area contributed by atoms with E-state index in [2.05, 4.69) is 15.0 Å². The molecule has 0 bridgehead atoms. The number of fused-ring (bicyclic) bond motifs is 1. The van der Waals surface area contributed by atoms with Gasteiger partial charge in [0.25, 0.3) is 0 Å². The number of nitrogens with zero attached hydrogens (tertiary/aromatic N) is 1. The highest BCUT2D eigenvalue weighted by atomic mass is 16.5. The van der Waals surface area contributed by atoms with Gasteiger partial charge in [-0.3, -0.25) is 0 Å². The van der Waals surface area contributed by atoms with E-state index in [1.54, 1.807) is 18.5 Å². The maximum absolute atomic E-state index is 10.3. The normalized spacial score (nSPS) is 10.2. The molecule has 0 spiro atoms. The average Bonchev–Trinajstić information content (AvgIpc) is 2.72. The standard InChI is InChI=1S/C10H11N3O3/c11-10(14)16-6-4-13-9-7-2-5-15-8(7)1-3-12-9/h1-3,5H,4,6H2,(H2,11,14)(H,12,13). The molecule has 6 heteroatoms. The third-order valence-electron chi connectivity index (χ3n) is 2.02. The Bertz CT molecular complexity index is 495. The van der Waals surface area contributed by atoms with Crippen molar-refractivity contribution in [2.45, 2.75) is 0 Å². The number of primary amides is 1. The second-order valence-electron chi connectivity index (χ2n) is 3.09. The van der Waals surface area contributed by atoms with Gasteiger partial charge in [0.2, 0.25) is 0 Å². The first kappa shape index (κ1) is 10.3. The zero-order valence-corrected chi connectivity index (χ0v) is 8.47. The van der Waals surface area contributed by atoms with Crippen LogP contribution in [0.1, 0.15) is 0 Å². The lowest BCUT2D eigenvalue weighted by atomic mass is 10.3. The Morgan fingerprint density at radius 3 is 3.25 bits per heavy atom. The van der Waals surface area contributed by atoms with Crippen LogP contribution in [0, 0.1) is 0 Å². The molecule has 6 nitrogen and oxygen atoms in total. The van der Waals surface area contributed by atoms with Gasteiger partial charge < -0.3 is 20.2 Å². The summed E-state index contributed by atoms with van der Waals surface area (Å²) in [6, 6.07) is 3.60. The smallest absolute Gasteiger partial charge is 0.404 e. The minimum absolute atomic E-state index is 0.200. The predicted molar refractivity (Wildman–Crippen MR) is 58.0 cm³/mol. The van der Waals surface area contributed by atoms with Gasteiger partial charge in [-0.05, 0) is 12.1 Å². The van der Waals surface area contributed by atoms with Crippen molar-refractivity contribution in [3.8, 4) is 0 Å². The van der Waals surface area contributed by atoms with Crippen molar-refractivity contribution in [3.05, 3.63) is 24.6 Å². The molecule has 16 heavy (non-hydrogen) atoms. The van der Waals surface area contributed by atoms with E-state index >= 15 is 0 Å². The first-order valence-electron chi connectivity index (χ1n) is 4.75. The lowest BCUT2D eigenvalue weighted by Gasteiger charge is -2.05. The molecule has 1 amide bonds. The molecule has 0 aliphatic heterocycles. The predicted octanol–water partition coefficient (Wildman–Crippen LogP) is 1.33. The maximum atomic E-state index is 10.3. The minimum Gasteiger partial charge on any atom is -0.464 e. The number of furan rings is 1. The Morgan fingerprint density at radius 2 is 2.44 bits per heavy atom. The van der Waals surface area contributed by atoms with Gasteiger partial charge in [-0.2, -0.15) is 0 Å². The summed E-state index contributed by atoms with van der Waals surface area (Å²) >= 11 is 0. The number of ether oxygens (including phenoxy) is 1. The minimum atomic E-state index is -0.781. The van der Waals surface area contributed by atoms with Crippen LogP contribution < -0.4 is 11.1 Å². The van der Waals surface area contributed by atoms with E-state index in [-0.39, 0.29) is 6.61 Å². The molecule has 2 aromatic rings. The van der Waals surface area contributed by atoms with Crippen molar-refractivity contribution in [3.63, 3.8) is 0 Å². The quantitative estimate of drug-likeness (QED) is 0.760. The van der Waals surface area contributed by atoms with Crippen LogP contribution in [0.3, 0.4) is 0 Å². The summed E-state index contributed by atoms with van der Waals surface area (Å²) in [6.07, 6.45) is 2.46. The summed E-state index contributed by atoms with van der Waals surface area (Å²) in [5, 5.41) is 3.92. The van der Waals surface area contributed by atoms with Gasteiger partial charge >= 0.3 is 6.09 Å². The molecule has 2 aromatic heterocycles. The van der Waals surface area contributed by atoms with Crippen molar-refractivity contribution in [1.29, 1.82) is 0 Å². The van der Waals surface area contributed by atoms with E-state index in [1.165, 1.54) is 0 Å². The summed E-state index contributed by atoms with van der Waals surface area (Å²) < 4.78 is 9.80. The lowest BCUT2D eigenvalue weighted by molar-refractivity contribution is 0.161. The first-order valence-corrected chi connectivity index (χ1v) is 4.75. The van der Waals surface area contributed by atoms with Gasteiger partial charge in [-0.15, -0.1) is 0 Å². The highest BCUT2D eigenvalue weighted by Gasteiger charge is 2.03. The Morgan fingerprint density at radius 1 is 1.56 bits per heavy atom. The van der Waals surface area contributed by atoms with E-state index in [9.17, 15) is 4.79 Å². The van der Waals surface area contributed by atoms with Gasteiger partial charge in [-0.1, -0.05) is 0 Å². The molecular weight excluding hydrogens is 210 g/mol. The lowest BCUT2D eigenvalue weighted by Crippen LogP contribution is -2.18. The molecule has 0 aliphatic carbocycles. The van der Waals surface area contributed by atoms with Crippen LogP contribution in [0.4, 0.5) is 10.6 Å². The topological polar surface area (TPSA) is 90.4 Å². The molecule has 84 valence electrons. The van der Waals surface area contributed by atoms with Crippen molar-refractivity contribution in [2.75, 3.05) is 18.5 Å². The second-order valence-corrected chi connectivity index (χ2v) is 3.09. The van der Waals surface area contributed by atoms with Crippen LogP contribution in [0.5, 0.6) is 0 Å². The fourth-order valence-corrected chi connectivity index (χ4v) is 1.36. The van der Waals surface area contributed by atoms with Gasteiger partial charge in [0.05, 0.1) is 18.2 Å². The van der Waals surface area contributed by atoms with Crippen LogP contribution in [0.2, 0.25) is 0 Å². The SMILES string of the molecule is NC(=O)OCCNc1nccc2occc12. The van der Waals surface area contributed by atoms with Crippen molar-refractivity contribution in [2.24, 2.45) is 5.73 Å². The number of amides is 1. The number of nitrogens with two attached hydrogens (primary N) is 1. The summed E-state index contributed by atoms with van der Waals surface area (Å²) in [7, 11) is 0. The highest BCUT2D eigenvalue weighted by Crippen LogP contribution is 2.21. The molecule has 2 rings (SSSR count).